The number of nitrogens with zero attached hydrogens (tertiary/aromatic N) is 4. The van der Waals surface area contributed by atoms with Gasteiger partial charge in [-0.25, -0.2) is 4.98 Å². The Morgan fingerprint density at radius 1 is 1.43 bits per heavy atom. The van der Waals surface area contributed by atoms with Gasteiger partial charge in [0.25, 0.3) is 0 Å². The molecule has 2 aromatic heterocycles. The molecule has 8 heteroatoms. The average molecular weight is 290 g/mol. The number of hydrogen-bond donors (Lipinski definition) is 2. The van der Waals surface area contributed by atoms with Crippen LogP contribution in [0, 0.1) is 0 Å². The first-order valence-corrected chi connectivity index (χ1v) is 7.06. The third-order valence-electron chi connectivity index (χ3n) is 3.77. The predicted octanol–water partition coefficient (Wildman–Crippen LogP) is 0.282. The lowest BCUT2D eigenvalue weighted by Gasteiger charge is -2.23. The van der Waals surface area contributed by atoms with Gasteiger partial charge in [0.15, 0.2) is 5.65 Å². The van der Waals surface area contributed by atoms with E-state index < -0.39 is 6.04 Å². The molecule has 0 aliphatic carbocycles. The van der Waals surface area contributed by atoms with E-state index in [1.54, 1.807) is 9.25 Å². The molecule has 0 spiro atoms. The summed E-state index contributed by atoms with van der Waals surface area (Å²) in [5, 5.41) is 6.80. The van der Waals surface area contributed by atoms with Gasteiger partial charge in [-0.15, -0.1) is 0 Å². The van der Waals surface area contributed by atoms with Crippen LogP contribution in [-0.4, -0.2) is 31.1 Å². The Bertz CT molecular complexity index is 729. The summed E-state index contributed by atoms with van der Waals surface area (Å²) in [6.45, 7) is 2.07. The Morgan fingerprint density at radius 2 is 2.19 bits per heavy atom. The van der Waals surface area contributed by atoms with Gasteiger partial charge in [-0.05, 0) is 12.8 Å². The lowest BCUT2D eigenvalue weighted by Crippen LogP contribution is -2.42. The summed E-state index contributed by atoms with van der Waals surface area (Å²) < 4.78 is 3.39. The molecule has 1 atom stereocenters. The molecular formula is C13H18N6O2. The maximum Gasteiger partial charge on any atom is 0.249 e. The van der Waals surface area contributed by atoms with Crippen LogP contribution in [0.1, 0.15) is 37.9 Å². The summed E-state index contributed by atoms with van der Waals surface area (Å²) in [7, 11) is 1.81. The van der Waals surface area contributed by atoms with Crippen molar-refractivity contribution in [1.29, 1.82) is 0 Å². The van der Waals surface area contributed by atoms with Gasteiger partial charge in [0.1, 0.15) is 11.6 Å². The van der Waals surface area contributed by atoms with Gasteiger partial charge in [-0.1, -0.05) is 13.3 Å². The van der Waals surface area contributed by atoms with E-state index in [0.717, 1.165) is 29.7 Å². The maximum atomic E-state index is 12.1. The number of aryl methyl sites for hydroxylation is 2. The molecule has 1 aliphatic rings. The van der Waals surface area contributed by atoms with Crippen LogP contribution in [0.4, 0.5) is 5.95 Å². The van der Waals surface area contributed by atoms with Gasteiger partial charge in [0, 0.05) is 13.5 Å². The molecule has 2 amide bonds. The number of nitrogen functional groups attached to an aromatic ring is 1. The van der Waals surface area contributed by atoms with Crippen LogP contribution < -0.4 is 11.1 Å². The highest BCUT2D eigenvalue weighted by molar-refractivity contribution is 6.00. The van der Waals surface area contributed by atoms with Crippen LogP contribution in [-0.2, 0) is 23.1 Å². The Hall–Kier alpha value is -2.38. The lowest BCUT2D eigenvalue weighted by molar-refractivity contribution is -0.135. The monoisotopic (exact) mass is 290 g/mol. The van der Waals surface area contributed by atoms with E-state index in [4.69, 9.17) is 5.73 Å². The molecule has 0 saturated carbocycles. The highest BCUT2D eigenvalue weighted by atomic mass is 16.2. The molecule has 0 radical (unpaired) electrons. The quantitative estimate of drug-likeness (QED) is 0.789. The number of aromatic nitrogens is 4. The lowest BCUT2D eigenvalue weighted by atomic mass is 10.1. The van der Waals surface area contributed by atoms with Crippen molar-refractivity contribution >= 4 is 28.9 Å². The zero-order chi connectivity index (χ0) is 15.1. The summed E-state index contributed by atoms with van der Waals surface area (Å²) in [6, 6.07) is -0.516. The third-order valence-corrected chi connectivity index (χ3v) is 3.77. The minimum absolute atomic E-state index is 0.247. The predicted molar refractivity (Wildman–Crippen MR) is 76.3 cm³/mol. The van der Waals surface area contributed by atoms with E-state index in [9.17, 15) is 9.59 Å². The average Bonchev–Trinajstić information content (AvgIpc) is 2.89. The van der Waals surface area contributed by atoms with Crippen molar-refractivity contribution in [1.82, 2.24) is 24.6 Å². The minimum Gasteiger partial charge on any atom is -0.369 e. The number of carbonyl (C=O) groups excluding carboxylic acids is 2. The number of amides is 2. The number of piperidine rings is 1. The molecule has 8 nitrogen and oxygen atoms in total. The van der Waals surface area contributed by atoms with Crippen LogP contribution in [0.5, 0.6) is 0 Å². The van der Waals surface area contributed by atoms with Crippen molar-refractivity contribution in [3.8, 4) is 0 Å². The van der Waals surface area contributed by atoms with E-state index in [1.807, 2.05) is 7.05 Å². The molecule has 1 saturated heterocycles. The molecule has 0 bridgehead atoms. The maximum absolute atomic E-state index is 12.1. The van der Waals surface area contributed by atoms with E-state index in [2.05, 4.69) is 22.3 Å². The first-order valence-electron chi connectivity index (χ1n) is 7.06. The molecular weight excluding hydrogens is 272 g/mol. The summed E-state index contributed by atoms with van der Waals surface area (Å²) >= 11 is 0. The smallest absolute Gasteiger partial charge is 0.249 e. The Balaban J connectivity index is 2.12. The van der Waals surface area contributed by atoms with Gasteiger partial charge in [0.2, 0.25) is 17.8 Å². The summed E-state index contributed by atoms with van der Waals surface area (Å²) in [5.74, 6) is -0.303. The fourth-order valence-corrected chi connectivity index (χ4v) is 2.86. The summed E-state index contributed by atoms with van der Waals surface area (Å²) in [6.07, 6.45) is 2.49. The number of carbonyl (C=O) groups is 2. The molecule has 1 fully saturated rings. The Kier molecular flexibility index (Phi) is 3.15. The molecule has 3 N–H and O–H groups in total. The molecule has 112 valence electrons. The second-order valence-corrected chi connectivity index (χ2v) is 5.30. The number of nitrogens with two attached hydrogens (primary N) is 1. The largest absolute Gasteiger partial charge is 0.369 e. The zero-order valence-electron chi connectivity index (χ0n) is 12.1. The van der Waals surface area contributed by atoms with Gasteiger partial charge >= 0.3 is 0 Å². The van der Waals surface area contributed by atoms with Crippen LogP contribution in [0.3, 0.4) is 0 Å². The van der Waals surface area contributed by atoms with E-state index >= 15 is 0 Å². The van der Waals surface area contributed by atoms with Gasteiger partial charge in [-0.3, -0.25) is 24.2 Å². The van der Waals surface area contributed by atoms with Crippen LogP contribution in [0.25, 0.3) is 11.2 Å². The highest BCUT2D eigenvalue weighted by Crippen LogP contribution is 2.29. The molecule has 1 aliphatic heterocycles. The molecule has 1 unspecified atom stereocenters. The number of imidazole rings is 1. The van der Waals surface area contributed by atoms with Crippen LogP contribution in [0.15, 0.2) is 0 Å². The number of nitrogens with one attached hydrogen (secondary N) is 1. The molecule has 3 heterocycles. The van der Waals surface area contributed by atoms with Crippen molar-refractivity contribution < 1.29 is 9.59 Å². The third kappa shape index (κ3) is 2.07. The van der Waals surface area contributed by atoms with Gasteiger partial charge in [0.05, 0.1) is 5.69 Å². The van der Waals surface area contributed by atoms with Gasteiger partial charge in [-0.2, -0.15) is 5.10 Å². The van der Waals surface area contributed by atoms with Crippen LogP contribution in [0.2, 0.25) is 0 Å². The topological polar surface area (TPSA) is 108 Å². The molecule has 2 aromatic rings. The van der Waals surface area contributed by atoms with E-state index in [0.29, 0.717) is 12.8 Å². The van der Waals surface area contributed by atoms with E-state index in [1.165, 1.54) is 0 Å². The highest BCUT2D eigenvalue weighted by Gasteiger charge is 2.32. The Labute approximate surface area is 121 Å². The Morgan fingerprint density at radius 3 is 2.86 bits per heavy atom. The first-order chi connectivity index (χ1) is 10.0. The number of hydrogen-bond acceptors (Lipinski definition) is 5. The van der Waals surface area contributed by atoms with Crippen LogP contribution >= 0.6 is 0 Å². The second-order valence-electron chi connectivity index (χ2n) is 5.30. The number of anilines is 1. The van der Waals surface area contributed by atoms with E-state index in [-0.39, 0.29) is 17.8 Å². The first kappa shape index (κ1) is 13.6. The zero-order valence-corrected chi connectivity index (χ0v) is 12.1. The fourth-order valence-electron chi connectivity index (χ4n) is 2.86. The summed E-state index contributed by atoms with van der Waals surface area (Å²) in [5.41, 5.74) is 8.35. The number of fused-ring (bicyclic) bond motifs is 1. The minimum atomic E-state index is -0.516. The molecule has 0 aromatic carbocycles. The fraction of sp³-hybridized carbons (Fsp3) is 0.538. The number of imide groups is 1. The molecule has 21 heavy (non-hydrogen) atoms. The number of rotatable bonds is 3. The normalized spacial score (nSPS) is 19.2. The van der Waals surface area contributed by atoms with Crippen molar-refractivity contribution in [2.75, 3.05) is 5.73 Å². The van der Waals surface area contributed by atoms with Gasteiger partial charge < -0.3 is 5.73 Å². The second kappa shape index (κ2) is 4.87. The van der Waals surface area contributed by atoms with Crippen molar-refractivity contribution in [3.05, 3.63) is 5.69 Å². The SMILES string of the molecule is CCCc1nn(C)c2c1nc(N)n2C1CCC(=O)NC1=O. The van der Waals surface area contributed by atoms with Crippen molar-refractivity contribution in [2.24, 2.45) is 7.05 Å². The van der Waals surface area contributed by atoms with Crippen molar-refractivity contribution in [2.45, 2.75) is 38.6 Å². The molecule has 3 rings (SSSR count). The summed E-state index contributed by atoms with van der Waals surface area (Å²) in [4.78, 5) is 27.7. The standard InChI is InChI=1S/C13H18N6O2/c1-3-4-7-10-12(18(2)17-7)19(13(14)16-10)8-5-6-9(20)15-11(8)21/h8H,3-6H2,1-2H3,(H2,14,16)(H,15,20,21). The van der Waals surface area contributed by atoms with Crippen molar-refractivity contribution in [3.63, 3.8) is 0 Å².